The highest BCUT2D eigenvalue weighted by Crippen LogP contribution is 2.26. The maximum atomic E-state index is 13.9. The van der Waals surface area contributed by atoms with E-state index in [1.807, 2.05) is 24.3 Å². The van der Waals surface area contributed by atoms with Crippen LogP contribution in [0.5, 0.6) is 5.75 Å². The predicted octanol–water partition coefficient (Wildman–Crippen LogP) is 4.27. The molecule has 0 aliphatic carbocycles. The molecule has 0 amide bonds. The van der Waals surface area contributed by atoms with Crippen LogP contribution in [-0.2, 0) is 11.4 Å². The first kappa shape index (κ1) is 15.3. The summed E-state index contributed by atoms with van der Waals surface area (Å²) in [5.41, 5.74) is 1.25. The zero-order chi connectivity index (χ0) is 15.2. The van der Waals surface area contributed by atoms with Gasteiger partial charge in [0, 0.05) is 21.7 Å². The van der Waals surface area contributed by atoms with Crippen molar-refractivity contribution in [1.29, 1.82) is 0 Å². The first-order chi connectivity index (χ1) is 10.1. The molecule has 0 aromatic heterocycles. The van der Waals surface area contributed by atoms with E-state index < -0.39 is 11.8 Å². The van der Waals surface area contributed by atoms with Gasteiger partial charge in [-0.3, -0.25) is 0 Å². The van der Waals surface area contributed by atoms with Gasteiger partial charge in [-0.2, -0.15) is 0 Å². The van der Waals surface area contributed by atoms with E-state index in [1.54, 1.807) is 6.07 Å². The first-order valence-corrected chi connectivity index (χ1v) is 6.93. The van der Waals surface area contributed by atoms with Crippen molar-refractivity contribution < 1.29 is 19.0 Å². The minimum Gasteiger partial charge on any atom is -0.485 e. The lowest BCUT2D eigenvalue weighted by atomic mass is 10.1. The normalized spacial score (nSPS) is 10.8. The van der Waals surface area contributed by atoms with E-state index in [2.05, 4.69) is 15.9 Å². The fourth-order valence-corrected chi connectivity index (χ4v) is 2.13. The minimum absolute atomic E-state index is 0.0331. The zero-order valence-electron chi connectivity index (χ0n) is 10.9. The summed E-state index contributed by atoms with van der Waals surface area (Å²) in [6.07, 6.45) is 2.25. The summed E-state index contributed by atoms with van der Waals surface area (Å²) in [5.74, 6) is -1.60. The molecule has 0 atom stereocenters. The SMILES string of the molecule is O=C(O)/C=C/c1cccc(F)c1OCc1ccccc1Br. The second kappa shape index (κ2) is 7.04. The predicted molar refractivity (Wildman–Crippen MR) is 81.5 cm³/mol. The third-order valence-electron chi connectivity index (χ3n) is 2.73. The highest BCUT2D eigenvalue weighted by Gasteiger charge is 2.09. The largest absolute Gasteiger partial charge is 0.485 e. The lowest BCUT2D eigenvalue weighted by Gasteiger charge is -2.11. The van der Waals surface area contributed by atoms with Crippen molar-refractivity contribution in [3.05, 3.63) is 70.0 Å². The Balaban J connectivity index is 2.23. The number of para-hydroxylation sites is 1. The van der Waals surface area contributed by atoms with Crippen LogP contribution in [0.3, 0.4) is 0 Å². The molecular weight excluding hydrogens is 339 g/mol. The average Bonchev–Trinajstić information content (AvgIpc) is 2.45. The van der Waals surface area contributed by atoms with E-state index in [9.17, 15) is 9.18 Å². The molecule has 0 spiro atoms. The van der Waals surface area contributed by atoms with Crippen LogP contribution in [0, 0.1) is 5.82 Å². The molecule has 2 aromatic carbocycles. The maximum Gasteiger partial charge on any atom is 0.328 e. The molecule has 1 N–H and O–H groups in total. The van der Waals surface area contributed by atoms with Crippen LogP contribution < -0.4 is 4.74 Å². The minimum atomic E-state index is -1.10. The molecule has 0 bridgehead atoms. The average molecular weight is 351 g/mol. The molecule has 0 fully saturated rings. The molecule has 2 rings (SSSR count). The molecule has 0 heterocycles. The number of hydrogen-bond donors (Lipinski definition) is 1. The number of rotatable bonds is 5. The van der Waals surface area contributed by atoms with Crippen LogP contribution >= 0.6 is 15.9 Å². The van der Waals surface area contributed by atoms with Crippen LogP contribution in [0.1, 0.15) is 11.1 Å². The van der Waals surface area contributed by atoms with E-state index in [0.29, 0.717) is 5.56 Å². The van der Waals surface area contributed by atoms with Gasteiger partial charge in [0.25, 0.3) is 0 Å². The molecule has 0 saturated carbocycles. The Hall–Kier alpha value is -2.14. The fourth-order valence-electron chi connectivity index (χ4n) is 1.74. The first-order valence-electron chi connectivity index (χ1n) is 6.13. The fraction of sp³-hybridized carbons (Fsp3) is 0.0625. The number of ether oxygens (including phenoxy) is 1. The van der Waals surface area contributed by atoms with Crippen molar-refractivity contribution in [2.24, 2.45) is 0 Å². The zero-order valence-corrected chi connectivity index (χ0v) is 12.5. The summed E-state index contributed by atoms with van der Waals surface area (Å²) in [4.78, 5) is 10.6. The van der Waals surface area contributed by atoms with E-state index in [0.717, 1.165) is 16.1 Å². The Labute approximate surface area is 129 Å². The van der Waals surface area contributed by atoms with Gasteiger partial charge in [-0.05, 0) is 18.2 Å². The Morgan fingerprint density at radius 1 is 1.24 bits per heavy atom. The van der Waals surface area contributed by atoms with Gasteiger partial charge in [0.15, 0.2) is 11.6 Å². The second-order valence-corrected chi connectivity index (χ2v) is 5.06. The monoisotopic (exact) mass is 350 g/mol. The maximum absolute atomic E-state index is 13.9. The Bertz CT molecular complexity index is 683. The lowest BCUT2D eigenvalue weighted by Crippen LogP contribution is -2.00. The smallest absolute Gasteiger partial charge is 0.328 e. The van der Waals surface area contributed by atoms with E-state index in [4.69, 9.17) is 9.84 Å². The topological polar surface area (TPSA) is 46.5 Å². The molecule has 0 saturated heterocycles. The van der Waals surface area contributed by atoms with Gasteiger partial charge >= 0.3 is 5.97 Å². The van der Waals surface area contributed by atoms with Gasteiger partial charge in [0.2, 0.25) is 0 Å². The summed E-state index contributed by atoms with van der Waals surface area (Å²) in [6.45, 7) is 0.177. The summed E-state index contributed by atoms with van der Waals surface area (Å²) >= 11 is 3.39. The summed E-state index contributed by atoms with van der Waals surface area (Å²) in [5, 5.41) is 8.65. The molecular formula is C16H12BrFO3. The summed E-state index contributed by atoms with van der Waals surface area (Å²) in [6, 6.07) is 11.8. The van der Waals surface area contributed by atoms with E-state index in [-0.39, 0.29) is 12.4 Å². The highest BCUT2D eigenvalue weighted by molar-refractivity contribution is 9.10. The van der Waals surface area contributed by atoms with Crippen LogP contribution in [-0.4, -0.2) is 11.1 Å². The number of benzene rings is 2. The Kier molecular flexibility index (Phi) is 5.11. The Morgan fingerprint density at radius 2 is 2.00 bits per heavy atom. The van der Waals surface area contributed by atoms with Crippen LogP contribution in [0.25, 0.3) is 6.08 Å². The summed E-state index contributed by atoms with van der Waals surface area (Å²) in [7, 11) is 0. The van der Waals surface area contributed by atoms with E-state index in [1.165, 1.54) is 18.2 Å². The van der Waals surface area contributed by atoms with E-state index >= 15 is 0 Å². The molecule has 5 heteroatoms. The molecule has 2 aromatic rings. The number of carboxylic acid groups (broad SMARTS) is 1. The van der Waals surface area contributed by atoms with Crippen molar-refractivity contribution >= 4 is 28.0 Å². The van der Waals surface area contributed by atoms with Crippen LogP contribution in [0.4, 0.5) is 4.39 Å². The van der Waals surface area contributed by atoms with Gasteiger partial charge in [0.05, 0.1) is 0 Å². The second-order valence-electron chi connectivity index (χ2n) is 4.21. The van der Waals surface area contributed by atoms with Gasteiger partial charge in [-0.25, -0.2) is 9.18 Å². The number of aliphatic carboxylic acids is 1. The molecule has 3 nitrogen and oxygen atoms in total. The molecule has 0 unspecified atom stereocenters. The molecule has 0 aliphatic rings. The Morgan fingerprint density at radius 3 is 2.71 bits per heavy atom. The van der Waals surface area contributed by atoms with Crippen LogP contribution in [0.15, 0.2) is 53.0 Å². The molecule has 0 radical (unpaired) electrons. The number of hydrogen-bond acceptors (Lipinski definition) is 2. The van der Waals surface area contributed by atoms with Crippen molar-refractivity contribution in [1.82, 2.24) is 0 Å². The number of carbonyl (C=O) groups is 1. The standard InChI is InChI=1S/C16H12BrFO3/c17-13-6-2-1-4-12(13)10-21-16-11(8-9-15(19)20)5-3-7-14(16)18/h1-9H,10H2,(H,19,20)/b9-8+. The van der Waals surface area contributed by atoms with Gasteiger partial charge in [-0.15, -0.1) is 0 Å². The van der Waals surface area contributed by atoms with Crippen molar-refractivity contribution in [3.8, 4) is 5.75 Å². The molecule has 21 heavy (non-hydrogen) atoms. The third-order valence-corrected chi connectivity index (χ3v) is 3.51. The van der Waals surface area contributed by atoms with Crippen molar-refractivity contribution in [2.45, 2.75) is 6.61 Å². The highest BCUT2D eigenvalue weighted by atomic mass is 79.9. The lowest BCUT2D eigenvalue weighted by molar-refractivity contribution is -0.131. The number of carboxylic acids is 1. The van der Waals surface area contributed by atoms with Crippen molar-refractivity contribution in [2.75, 3.05) is 0 Å². The van der Waals surface area contributed by atoms with Gasteiger partial charge < -0.3 is 9.84 Å². The molecule has 108 valence electrons. The number of halogens is 2. The van der Waals surface area contributed by atoms with Crippen molar-refractivity contribution in [3.63, 3.8) is 0 Å². The third kappa shape index (κ3) is 4.16. The quantitative estimate of drug-likeness (QED) is 0.819. The van der Waals surface area contributed by atoms with Gasteiger partial charge in [-0.1, -0.05) is 46.3 Å². The van der Waals surface area contributed by atoms with Gasteiger partial charge in [0.1, 0.15) is 6.61 Å². The summed E-state index contributed by atoms with van der Waals surface area (Å²) < 4.78 is 20.2. The molecule has 0 aliphatic heterocycles. The van der Waals surface area contributed by atoms with Crippen LogP contribution in [0.2, 0.25) is 0 Å².